The molecule has 1 atom stereocenters. The molecule has 0 aromatic heterocycles. The number of benzene rings is 2. The SMILES string of the molecule is Cc1ccc(F)c(C(N)c2ccc(Cl)c(F)c2)c1. The fourth-order valence-corrected chi connectivity index (χ4v) is 1.90. The van der Waals surface area contributed by atoms with Crippen molar-refractivity contribution in [1.82, 2.24) is 0 Å². The van der Waals surface area contributed by atoms with Crippen LogP contribution in [-0.2, 0) is 0 Å². The maximum Gasteiger partial charge on any atom is 0.142 e. The number of rotatable bonds is 2. The Hall–Kier alpha value is -1.45. The molecule has 2 rings (SSSR count). The zero-order chi connectivity index (χ0) is 13.3. The fraction of sp³-hybridized carbons (Fsp3) is 0.143. The Morgan fingerprint density at radius 2 is 1.78 bits per heavy atom. The molecule has 0 aliphatic heterocycles. The van der Waals surface area contributed by atoms with E-state index in [2.05, 4.69) is 0 Å². The second-order valence-corrected chi connectivity index (χ2v) is 4.58. The molecular weight excluding hydrogens is 256 g/mol. The van der Waals surface area contributed by atoms with Crippen molar-refractivity contribution in [1.29, 1.82) is 0 Å². The highest BCUT2D eigenvalue weighted by molar-refractivity contribution is 6.30. The molecule has 0 radical (unpaired) electrons. The van der Waals surface area contributed by atoms with Gasteiger partial charge in [0.05, 0.1) is 11.1 Å². The summed E-state index contributed by atoms with van der Waals surface area (Å²) in [7, 11) is 0. The lowest BCUT2D eigenvalue weighted by Crippen LogP contribution is -2.14. The van der Waals surface area contributed by atoms with Crippen molar-refractivity contribution in [2.75, 3.05) is 0 Å². The van der Waals surface area contributed by atoms with Gasteiger partial charge in [0.1, 0.15) is 11.6 Å². The topological polar surface area (TPSA) is 26.0 Å². The molecular formula is C14H12ClF2N. The van der Waals surface area contributed by atoms with Crippen LogP contribution >= 0.6 is 11.6 Å². The molecule has 0 bridgehead atoms. The van der Waals surface area contributed by atoms with E-state index in [1.807, 2.05) is 6.92 Å². The van der Waals surface area contributed by atoms with Crippen LogP contribution in [0.2, 0.25) is 5.02 Å². The minimum atomic E-state index is -0.711. The van der Waals surface area contributed by atoms with E-state index in [0.717, 1.165) is 5.56 Å². The normalized spacial score (nSPS) is 12.5. The third kappa shape index (κ3) is 2.52. The van der Waals surface area contributed by atoms with Crippen LogP contribution in [0.4, 0.5) is 8.78 Å². The molecule has 2 aromatic rings. The van der Waals surface area contributed by atoms with Crippen LogP contribution < -0.4 is 5.73 Å². The molecule has 0 saturated heterocycles. The molecule has 94 valence electrons. The molecule has 0 fully saturated rings. The average molecular weight is 268 g/mol. The summed E-state index contributed by atoms with van der Waals surface area (Å²) in [5, 5.41) is 0.0238. The van der Waals surface area contributed by atoms with E-state index in [1.54, 1.807) is 18.2 Å². The Morgan fingerprint density at radius 1 is 1.06 bits per heavy atom. The minimum absolute atomic E-state index is 0.0238. The molecule has 4 heteroatoms. The van der Waals surface area contributed by atoms with E-state index in [-0.39, 0.29) is 5.02 Å². The summed E-state index contributed by atoms with van der Waals surface area (Å²) in [6.07, 6.45) is 0. The lowest BCUT2D eigenvalue weighted by Gasteiger charge is -2.14. The predicted molar refractivity (Wildman–Crippen MR) is 68.6 cm³/mol. The first-order valence-corrected chi connectivity index (χ1v) is 5.83. The van der Waals surface area contributed by atoms with Gasteiger partial charge in [-0.15, -0.1) is 0 Å². The lowest BCUT2D eigenvalue weighted by atomic mass is 9.97. The minimum Gasteiger partial charge on any atom is -0.320 e. The molecule has 1 nitrogen and oxygen atoms in total. The Kier molecular flexibility index (Phi) is 3.64. The largest absolute Gasteiger partial charge is 0.320 e. The Labute approximate surface area is 109 Å². The molecule has 0 heterocycles. The maximum absolute atomic E-state index is 13.7. The van der Waals surface area contributed by atoms with Crippen molar-refractivity contribution >= 4 is 11.6 Å². The summed E-state index contributed by atoms with van der Waals surface area (Å²) < 4.78 is 27.0. The second kappa shape index (κ2) is 5.04. The predicted octanol–water partition coefficient (Wildman–Crippen LogP) is 3.97. The second-order valence-electron chi connectivity index (χ2n) is 4.18. The first kappa shape index (κ1) is 13.0. The summed E-state index contributed by atoms with van der Waals surface area (Å²) in [4.78, 5) is 0. The summed E-state index contributed by atoms with van der Waals surface area (Å²) in [5.41, 5.74) is 7.69. The van der Waals surface area contributed by atoms with Crippen molar-refractivity contribution in [3.63, 3.8) is 0 Å². The molecule has 2 N–H and O–H groups in total. The van der Waals surface area contributed by atoms with E-state index < -0.39 is 17.7 Å². The molecule has 0 amide bonds. The van der Waals surface area contributed by atoms with Gasteiger partial charge >= 0.3 is 0 Å². The van der Waals surface area contributed by atoms with Gasteiger partial charge in [-0.3, -0.25) is 0 Å². The molecule has 1 unspecified atom stereocenters. The third-order valence-corrected chi connectivity index (χ3v) is 3.10. The molecule has 18 heavy (non-hydrogen) atoms. The van der Waals surface area contributed by atoms with E-state index in [4.69, 9.17) is 17.3 Å². The lowest BCUT2D eigenvalue weighted by molar-refractivity contribution is 0.595. The van der Waals surface area contributed by atoms with Crippen LogP contribution in [0.15, 0.2) is 36.4 Å². The van der Waals surface area contributed by atoms with E-state index in [0.29, 0.717) is 11.1 Å². The average Bonchev–Trinajstić information content (AvgIpc) is 2.35. The number of hydrogen-bond acceptors (Lipinski definition) is 1. The number of aryl methyl sites for hydroxylation is 1. The molecule has 0 saturated carbocycles. The van der Waals surface area contributed by atoms with E-state index in [9.17, 15) is 8.78 Å². The van der Waals surface area contributed by atoms with Gasteiger partial charge in [-0.25, -0.2) is 8.78 Å². The van der Waals surface area contributed by atoms with Gasteiger partial charge in [-0.1, -0.05) is 35.4 Å². The molecule has 0 spiro atoms. The van der Waals surface area contributed by atoms with E-state index in [1.165, 1.54) is 18.2 Å². The highest BCUT2D eigenvalue weighted by Gasteiger charge is 2.15. The number of nitrogens with two attached hydrogens (primary N) is 1. The zero-order valence-corrected chi connectivity index (χ0v) is 10.5. The molecule has 0 aliphatic rings. The molecule has 0 aliphatic carbocycles. The van der Waals surface area contributed by atoms with Gasteiger partial charge in [0.2, 0.25) is 0 Å². The summed E-state index contributed by atoms with van der Waals surface area (Å²) >= 11 is 5.60. The van der Waals surface area contributed by atoms with Crippen LogP contribution in [0.3, 0.4) is 0 Å². The van der Waals surface area contributed by atoms with Crippen molar-refractivity contribution in [2.45, 2.75) is 13.0 Å². The maximum atomic E-state index is 13.7. The van der Waals surface area contributed by atoms with Gasteiger partial charge in [0, 0.05) is 5.56 Å². The fourth-order valence-electron chi connectivity index (χ4n) is 1.79. The first-order chi connectivity index (χ1) is 8.49. The number of hydrogen-bond donors (Lipinski definition) is 1. The van der Waals surface area contributed by atoms with Crippen molar-refractivity contribution < 1.29 is 8.78 Å². The van der Waals surface area contributed by atoms with Gasteiger partial charge < -0.3 is 5.73 Å². The van der Waals surface area contributed by atoms with Gasteiger partial charge in [-0.05, 0) is 30.7 Å². The molecule has 2 aromatic carbocycles. The highest BCUT2D eigenvalue weighted by atomic mass is 35.5. The standard InChI is InChI=1S/C14H12ClF2N/c1-8-2-5-12(16)10(6-8)14(18)9-3-4-11(15)13(17)7-9/h2-7,14H,18H2,1H3. The van der Waals surface area contributed by atoms with E-state index >= 15 is 0 Å². The Morgan fingerprint density at radius 3 is 2.44 bits per heavy atom. The Balaban J connectivity index is 2.44. The van der Waals surface area contributed by atoms with Crippen LogP contribution in [0.5, 0.6) is 0 Å². The van der Waals surface area contributed by atoms with Crippen LogP contribution in [0.25, 0.3) is 0 Å². The summed E-state index contributed by atoms with van der Waals surface area (Å²) in [5.74, 6) is -0.957. The quantitative estimate of drug-likeness (QED) is 0.875. The summed E-state index contributed by atoms with van der Waals surface area (Å²) in [6, 6.07) is 8.21. The summed E-state index contributed by atoms with van der Waals surface area (Å²) in [6.45, 7) is 1.85. The van der Waals surface area contributed by atoms with Gasteiger partial charge in [0.15, 0.2) is 0 Å². The van der Waals surface area contributed by atoms with Crippen LogP contribution in [0.1, 0.15) is 22.7 Å². The van der Waals surface area contributed by atoms with Crippen molar-refractivity contribution in [3.8, 4) is 0 Å². The van der Waals surface area contributed by atoms with Crippen molar-refractivity contribution in [3.05, 3.63) is 69.7 Å². The van der Waals surface area contributed by atoms with Gasteiger partial charge in [0.25, 0.3) is 0 Å². The van der Waals surface area contributed by atoms with Crippen LogP contribution in [-0.4, -0.2) is 0 Å². The third-order valence-electron chi connectivity index (χ3n) is 2.79. The zero-order valence-electron chi connectivity index (χ0n) is 9.75. The van der Waals surface area contributed by atoms with Gasteiger partial charge in [-0.2, -0.15) is 0 Å². The highest BCUT2D eigenvalue weighted by Crippen LogP contribution is 2.25. The smallest absolute Gasteiger partial charge is 0.142 e. The van der Waals surface area contributed by atoms with Crippen LogP contribution in [0, 0.1) is 18.6 Å². The number of halogens is 3. The Bertz CT molecular complexity index is 584. The first-order valence-electron chi connectivity index (χ1n) is 5.45. The van der Waals surface area contributed by atoms with Crippen molar-refractivity contribution in [2.24, 2.45) is 5.73 Å². The monoisotopic (exact) mass is 267 g/mol.